The zero-order valence-corrected chi connectivity index (χ0v) is 13.1. The van der Waals surface area contributed by atoms with Gasteiger partial charge in [-0.05, 0) is 47.0 Å². The van der Waals surface area contributed by atoms with E-state index in [1.807, 2.05) is 43.3 Å². The minimum absolute atomic E-state index is 0.356. The Hall–Kier alpha value is -1.71. The van der Waals surface area contributed by atoms with E-state index in [1.165, 1.54) is 12.1 Å². The zero-order chi connectivity index (χ0) is 15.0. The van der Waals surface area contributed by atoms with Crippen molar-refractivity contribution in [2.45, 2.75) is 13.0 Å². The first-order valence-electron chi connectivity index (χ1n) is 6.69. The molecule has 21 heavy (non-hydrogen) atoms. The monoisotopic (exact) mass is 344 g/mol. The van der Waals surface area contributed by atoms with Crippen LogP contribution in [0.1, 0.15) is 22.8 Å². The minimum atomic E-state index is -0.874. The maximum atomic E-state index is 13.5. The largest absolute Gasteiger partial charge is 0.384 e. The summed E-state index contributed by atoms with van der Waals surface area (Å²) >= 11 is 3.39. The molecular formula is C18H14BrFO. The van der Waals surface area contributed by atoms with Crippen molar-refractivity contribution in [3.05, 3.63) is 81.6 Å². The van der Waals surface area contributed by atoms with E-state index in [4.69, 9.17) is 0 Å². The van der Waals surface area contributed by atoms with E-state index in [-0.39, 0.29) is 5.82 Å². The molecule has 3 aromatic rings. The quantitative estimate of drug-likeness (QED) is 0.683. The van der Waals surface area contributed by atoms with Gasteiger partial charge in [0.25, 0.3) is 0 Å². The van der Waals surface area contributed by atoms with Gasteiger partial charge >= 0.3 is 0 Å². The minimum Gasteiger partial charge on any atom is -0.384 e. The highest BCUT2D eigenvalue weighted by Gasteiger charge is 2.19. The van der Waals surface area contributed by atoms with Crippen molar-refractivity contribution in [3.63, 3.8) is 0 Å². The highest BCUT2D eigenvalue weighted by molar-refractivity contribution is 9.10. The second kappa shape index (κ2) is 5.58. The molecule has 0 aliphatic carbocycles. The van der Waals surface area contributed by atoms with Crippen LogP contribution in [-0.4, -0.2) is 5.11 Å². The topological polar surface area (TPSA) is 20.2 Å². The van der Waals surface area contributed by atoms with Gasteiger partial charge in [-0.25, -0.2) is 4.39 Å². The van der Waals surface area contributed by atoms with Gasteiger partial charge in [-0.1, -0.05) is 52.3 Å². The van der Waals surface area contributed by atoms with Crippen LogP contribution in [0, 0.1) is 12.7 Å². The molecule has 0 heterocycles. The van der Waals surface area contributed by atoms with E-state index in [1.54, 1.807) is 6.07 Å². The molecule has 0 fully saturated rings. The van der Waals surface area contributed by atoms with Crippen LogP contribution in [0.25, 0.3) is 10.8 Å². The highest BCUT2D eigenvalue weighted by atomic mass is 79.9. The molecule has 1 nitrogen and oxygen atoms in total. The first kappa shape index (κ1) is 14.2. The van der Waals surface area contributed by atoms with Crippen molar-refractivity contribution in [1.29, 1.82) is 0 Å². The molecule has 3 rings (SSSR count). The third kappa shape index (κ3) is 2.59. The van der Waals surface area contributed by atoms with Crippen molar-refractivity contribution >= 4 is 26.7 Å². The molecule has 0 aliphatic heterocycles. The number of hydrogen-bond acceptors (Lipinski definition) is 1. The summed E-state index contributed by atoms with van der Waals surface area (Å²) in [5.41, 5.74) is 2.34. The molecule has 3 aromatic carbocycles. The summed E-state index contributed by atoms with van der Waals surface area (Å²) in [6.07, 6.45) is -0.874. The molecule has 0 radical (unpaired) electrons. The molecule has 3 heteroatoms. The fourth-order valence-electron chi connectivity index (χ4n) is 2.65. The number of rotatable bonds is 2. The number of benzene rings is 3. The predicted octanol–water partition coefficient (Wildman–Crippen LogP) is 5.13. The highest BCUT2D eigenvalue weighted by Crippen LogP contribution is 2.35. The Morgan fingerprint density at radius 3 is 2.62 bits per heavy atom. The van der Waals surface area contributed by atoms with Crippen molar-refractivity contribution in [1.82, 2.24) is 0 Å². The van der Waals surface area contributed by atoms with Gasteiger partial charge in [0, 0.05) is 10.0 Å². The van der Waals surface area contributed by atoms with Gasteiger partial charge in [0.1, 0.15) is 11.9 Å². The van der Waals surface area contributed by atoms with E-state index >= 15 is 0 Å². The smallest absolute Gasteiger partial charge is 0.123 e. The van der Waals surface area contributed by atoms with E-state index in [0.29, 0.717) is 10.0 Å². The summed E-state index contributed by atoms with van der Waals surface area (Å²) < 4.78 is 14.2. The molecule has 0 aliphatic rings. The SMILES string of the molecule is Cc1ccc2ccccc2c1C(O)c1cc(F)ccc1Br. The van der Waals surface area contributed by atoms with Gasteiger partial charge in [-0.15, -0.1) is 0 Å². The Kier molecular flexibility index (Phi) is 3.79. The third-order valence-electron chi connectivity index (χ3n) is 3.71. The number of aliphatic hydroxyl groups excluding tert-OH is 1. The fraction of sp³-hybridized carbons (Fsp3) is 0.111. The van der Waals surface area contributed by atoms with Crippen LogP contribution in [0.4, 0.5) is 4.39 Å². The molecule has 106 valence electrons. The summed E-state index contributed by atoms with van der Waals surface area (Å²) in [6.45, 7) is 1.96. The van der Waals surface area contributed by atoms with Crippen LogP contribution >= 0.6 is 15.9 Å². The summed E-state index contributed by atoms with van der Waals surface area (Å²) in [7, 11) is 0. The van der Waals surface area contributed by atoms with Gasteiger partial charge in [-0.3, -0.25) is 0 Å². The maximum absolute atomic E-state index is 13.5. The van der Waals surface area contributed by atoms with Crippen molar-refractivity contribution < 1.29 is 9.50 Å². The molecule has 1 N–H and O–H groups in total. The Bertz CT molecular complexity index is 813. The van der Waals surface area contributed by atoms with Gasteiger partial charge in [0.15, 0.2) is 0 Å². The van der Waals surface area contributed by atoms with Crippen LogP contribution in [0.5, 0.6) is 0 Å². The van der Waals surface area contributed by atoms with E-state index < -0.39 is 6.10 Å². The van der Waals surface area contributed by atoms with E-state index in [9.17, 15) is 9.50 Å². The number of halogens is 2. The molecule has 0 saturated heterocycles. The molecular weight excluding hydrogens is 331 g/mol. The summed E-state index contributed by atoms with van der Waals surface area (Å²) in [5.74, 6) is -0.356. The first-order chi connectivity index (χ1) is 10.1. The number of hydrogen-bond donors (Lipinski definition) is 1. The van der Waals surface area contributed by atoms with Crippen LogP contribution in [0.3, 0.4) is 0 Å². The average molecular weight is 345 g/mol. The molecule has 0 spiro atoms. The van der Waals surface area contributed by atoms with Crippen molar-refractivity contribution in [3.8, 4) is 0 Å². The van der Waals surface area contributed by atoms with Crippen LogP contribution in [0.15, 0.2) is 59.1 Å². The lowest BCUT2D eigenvalue weighted by molar-refractivity contribution is 0.220. The Balaban J connectivity index is 2.24. The van der Waals surface area contributed by atoms with Crippen LogP contribution in [0.2, 0.25) is 0 Å². The zero-order valence-electron chi connectivity index (χ0n) is 11.5. The van der Waals surface area contributed by atoms with E-state index in [0.717, 1.165) is 21.9 Å². The predicted molar refractivity (Wildman–Crippen MR) is 86.8 cm³/mol. The fourth-order valence-corrected chi connectivity index (χ4v) is 3.11. The average Bonchev–Trinajstić information content (AvgIpc) is 2.49. The van der Waals surface area contributed by atoms with Gasteiger partial charge in [0.05, 0.1) is 0 Å². The first-order valence-corrected chi connectivity index (χ1v) is 7.48. The molecule has 0 saturated carbocycles. The van der Waals surface area contributed by atoms with Crippen LogP contribution in [-0.2, 0) is 0 Å². The standard InChI is InChI=1S/C18H14BrFO/c1-11-6-7-12-4-2-3-5-14(12)17(11)18(21)15-10-13(20)8-9-16(15)19/h2-10,18,21H,1H3. The molecule has 0 bridgehead atoms. The van der Waals surface area contributed by atoms with Crippen molar-refractivity contribution in [2.75, 3.05) is 0 Å². The van der Waals surface area contributed by atoms with Crippen molar-refractivity contribution in [2.24, 2.45) is 0 Å². The van der Waals surface area contributed by atoms with E-state index in [2.05, 4.69) is 15.9 Å². The number of aliphatic hydroxyl groups is 1. The number of aryl methyl sites for hydroxylation is 1. The Morgan fingerprint density at radius 1 is 1.05 bits per heavy atom. The summed E-state index contributed by atoms with van der Waals surface area (Å²) in [5, 5.41) is 12.8. The lowest BCUT2D eigenvalue weighted by Gasteiger charge is -2.18. The normalized spacial score (nSPS) is 12.6. The molecule has 0 aromatic heterocycles. The van der Waals surface area contributed by atoms with Gasteiger partial charge < -0.3 is 5.11 Å². The molecule has 0 amide bonds. The lowest BCUT2D eigenvalue weighted by atomic mass is 9.92. The second-order valence-electron chi connectivity index (χ2n) is 5.09. The molecule has 1 unspecified atom stereocenters. The lowest BCUT2D eigenvalue weighted by Crippen LogP contribution is -2.04. The second-order valence-corrected chi connectivity index (χ2v) is 5.94. The molecule has 1 atom stereocenters. The Labute approximate surface area is 131 Å². The Morgan fingerprint density at radius 2 is 1.81 bits per heavy atom. The van der Waals surface area contributed by atoms with Gasteiger partial charge in [-0.2, -0.15) is 0 Å². The maximum Gasteiger partial charge on any atom is 0.123 e. The number of fused-ring (bicyclic) bond motifs is 1. The summed E-state index contributed by atoms with van der Waals surface area (Å²) in [6, 6.07) is 16.3. The summed E-state index contributed by atoms with van der Waals surface area (Å²) in [4.78, 5) is 0. The third-order valence-corrected chi connectivity index (χ3v) is 4.44. The van der Waals surface area contributed by atoms with Crippen LogP contribution < -0.4 is 0 Å². The van der Waals surface area contributed by atoms with Gasteiger partial charge in [0.2, 0.25) is 0 Å².